The van der Waals surface area contributed by atoms with Gasteiger partial charge in [0.15, 0.2) is 5.65 Å². The Morgan fingerprint density at radius 3 is 2.85 bits per heavy atom. The monoisotopic (exact) mass is 239 g/mol. The van der Waals surface area contributed by atoms with Gasteiger partial charge in [-0.2, -0.15) is 5.10 Å². The molecule has 0 aromatic carbocycles. The van der Waals surface area contributed by atoms with Gasteiger partial charge in [0.25, 0.3) is 0 Å². The van der Waals surface area contributed by atoms with Gasteiger partial charge in [-0.15, -0.1) is 0 Å². The average Bonchev–Trinajstić information content (AvgIpc) is 2.46. The second-order valence-electron chi connectivity index (χ2n) is 3.29. The van der Waals surface area contributed by atoms with Crippen LogP contribution in [0.3, 0.4) is 0 Å². The van der Waals surface area contributed by atoms with Crippen LogP contribution >= 0.6 is 15.9 Å². The number of halogens is 1. The van der Waals surface area contributed by atoms with Gasteiger partial charge in [0.2, 0.25) is 0 Å². The lowest BCUT2D eigenvalue weighted by Gasteiger charge is -2.00. The van der Waals surface area contributed by atoms with E-state index in [4.69, 9.17) is 0 Å². The van der Waals surface area contributed by atoms with Crippen LogP contribution in [0.15, 0.2) is 23.1 Å². The predicted molar refractivity (Wildman–Crippen MR) is 54.8 cm³/mol. The maximum atomic E-state index is 4.32. The Balaban J connectivity index is 2.69. The van der Waals surface area contributed by atoms with Crippen molar-refractivity contribution in [1.82, 2.24) is 14.6 Å². The molecule has 4 heteroatoms. The highest BCUT2D eigenvalue weighted by molar-refractivity contribution is 9.10. The first kappa shape index (κ1) is 8.69. The molecule has 2 rings (SSSR count). The molecule has 0 aliphatic carbocycles. The van der Waals surface area contributed by atoms with Crippen LogP contribution in [0, 0.1) is 0 Å². The van der Waals surface area contributed by atoms with Crippen LogP contribution < -0.4 is 0 Å². The van der Waals surface area contributed by atoms with Gasteiger partial charge in [-0.25, -0.2) is 9.50 Å². The molecule has 2 aromatic rings. The van der Waals surface area contributed by atoms with Crippen LogP contribution in [0.1, 0.15) is 25.3 Å². The fourth-order valence-corrected chi connectivity index (χ4v) is 1.57. The normalized spacial score (nSPS) is 11.4. The second-order valence-corrected chi connectivity index (χ2v) is 4.21. The number of hydrogen-bond acceptors (Lipinski definition) is 2. The van der Waals surface area contributed by atoms with Gasteiger partial charge in [0.1, 0.15) is 0 Å². The van der Waals surface area contributed by atoms with Crippen LogP contribution in [-0.2, 0) is 0 Å². The van der Waals surface area contributed by atoms with Crippen molar-refractivity contribution in [3.05, 3.63) is 28.6 Å². The van der Waals surface area contributed by atoms with E-state index in [0.29, 0.717) is 5.92 Å². The minimum atomic E-state index is 0.464. The first-order valence-electron chi connectivity index (χ1n) is 4.17. The standard InChI is InChI=1S/C9H10BrN3/c1-6(2)8-4-12-13-5-7(10)3-11-9(8)13/h3-6H,1-2H3. The van der Waals surface area contributed by atoms with Crippen molar-refractivity contribution in [3.8, 4) is 0 Å². The van der Waals surface area contributed by atoms with E-state index in [1.807, 2.05) is 12.4 Å². The Kier molecular flexibility index (Phi) is 2.07. The number of aromatic nitrogens is 3. The van der Waals surface area contributed by atoms with Crippen molar-refractivity contribution in [3.63, 3.8) is 0 Å². The van der Waals surface area contributed by atoms with E-state index in [9.17, 15) is 0 Å². The summed E-state index contributed by atoms with van der Waals surface area (Å²) in [6, 6.07) is 0. The van der Waals surface area contributed by atoms with Gasteiger partial charge < -0.3 is 0 Å². The third-order valence-electron chi connectivity index (χ3n) is 1.97. The Morgan fingerprint density at radius 2 is 2.15 bits per heavy atom. The summed E-state index contributed by atoms with van der Waals surface area (Å²) in [6.07, 6.45) is 5.58. The molecule has 0 fully saturated rings. The zero-order valence-corrected chi connectivity index (χ0v) is 9.12. The van der Waals surface area contributed by atoms with Gasteiger partial charge in [-0.1, -0.05) is 13.8 Å². The molecular weight excluding hydrogens is 230 g/mol. The molecule has 0 unspecified atom stereocenters. The van der Waals surface area contributed by atoms with Crippen molar-refractivity contribution in [2.75, 3.05) is 0 Å². The summed E-state index contributed by atoms with van der Waals surface area (Å²) in [5, 5.41) is 4.22. The Hall–Kier alpha value is -0.900. The summed E-state index contributed by atoms with van der Waals surface area (Å²) in [7, 11) is 0. The molecule has 0 amide bonds. The molecule has 0 N–H and O–H groups in total. The van der Waals surface area contributed by atoms with E-state index >= 15 is 0 Å². The lowest BCUT2D eigenvalue weighted by atomic mass is 10.1. The van der Waals surface area contributed by atoms with Gasteiger partial charge in [-0.05, 0) is 21.8 Å². The molecule has 13 heavy (non-hydrogen) atoms. The van der Waals surface area contributed by atoms with Crippen molar-refractivity contribution < 1.29 is 0 Å². The molecule has 68 valence electrons. The maximum absolute atomic E-state index is 4.32. The zero-order valence-electron chi connectivity index (χ0n) is 7.53. The fraction of sp³-hybridized carbons (Fsp3) is 0.333. The van der Waals surface area contributed by atoms with Gasteiger partial charge in [-0.3, -0.25) is 0 Å². The van der Waals surface area contributed by atoms with Gasteiger partial charge >= 0.3 is 0 Å². The minimum Gasteiger partial charge on any atom is -0.236 e. The van der Waals surface area contributed by atoms with Crippen LogP contribution in [0.4, 0.5) is 0 Å². The summed E-state index contributed by atoms with van der Waals surface area (Å²) in [4.78, 5) is 4.32. The molecule has 0 aliphatic rings. The molecule has 0 aliphatic heterocycles. The van der Waals surface area contributed by atoms with E-state index in [1.54, 1.807) is 10.7 Å². The van der Waals surface area contributed by atoms with Crippen molar-refractivity contribution in [2.24, 2.45) is 0 Å². The molecule has 3 nitrogen and oxygen atoms in total. The number of nitrogens with zero attached hydrogens (tertiary/aromatic N) is 3. The highest BCUT2D eigenvalue weighted by atomic mass is 79.9. The number of rotatable bonds is 1. The van der Waals surface area contributed by atoms with Crippen LogP contribution in [0.5, 0.6) is 0 Å². The lowest BCUT2D eigenvalue weighted by molar-refractivity contribution is 0.871. The molecule has 2 heterocycles. The summed E-state index contributed by atoms with van der Waals surface area (Å²) in [5.74, 6) is 0.464. The highest BCUT2D eigenvalue weighted by Crippen LogP contribution is 2.19. The molecule has 2 aromatic heterocycles. The largest absolute Gasteiger partial charge is 0.236 e. The summed E-state index contributed by atoms with van der Waals surface area (Å²) < 4.78 is 2.73. The van der Waals surface area contributed by atoms with E-state index < -0.39 is 0 Å². The molecule has 0 saturated carbocycles. The quantitative estimate of drug-likeness (QED) is 0.766. The Labute approximate surface area is 84.9 Å². The van der Waals surface area contributed by atoms with Crippen LogP contribution in [0.2, 0.25) is 0 Å². The van der Waals surface area contributed by atoms with Crippen molar-refractivity contribution in [2.45, 2.75) is 19.8 Å². The summed E-state index contributed by atoms with van der Waals surface area (Å²) in [5.41, 5.74) is 2.13. The molecule has 0 saturated heterocycles. The van der Waals surface area contributed by atoms with Gasteiger partial charge in [0.05, 0.1) is 10.7 Å². The van der Waals surface area contributed by atoms with E-state index in [-0.39, 0.29) is 0 Å². The number of hydrogen-bond donors (Lipinski definition) is 0. The third kappa shape index (κ3) is 1.46. The van der Waals surface area contributed by atoms with Gasteiger partial charge in [0, 0.05) is 18.0 Å². The Bertz CT molecular complexity index is 433. The van der Waals surface area contributed by atoms with E-state index in [2.05, 4.69) is 39.9 Å². The maximum Gasteiger partial charge on any atom is 0.158 e. The average molecular weight is 240 g/mol. The fourth-order valence-electron chi connectivity index (χ4n) is 1.28. The SMILES string of the molecule is CC(C)c1cnn2cc(Br)cnc12. The minimum absolute atomic E-state index is 0.464. The highest BCUT2D eigenvalue weighted by Gasteiger charge is 2.08. The predicted octanol–water partition coefficient (Wildman–Crippen LogP) is 2.62. The van der Waals surface area contributed by atoms with Crippen molar-refractivity contribution >= 4 is 21.6 Å². The van der Waals surface area contributed by atoms with Crippen LogP contribution in [-0.4, -0.2) is 14.6 Å². The van der Waals surface area contributed by atoms with E-state index in [0.717, 1.165) is 10.1 Å². The molecule has 0 atom stereocenters. The summed E-state index contributed by atoms with van der Waals surface area (Å²) in [6.45, 7) is 4.28. The summed E-state index contributed by atoms with van der Waals surface area (Å²) >= 11 is 3.36. The second kappa shape index (κ2) is 3.10. The smallest absolute Gasteiger partial charge is 0.158 e. The lowest BCUT2D eigenvalue weighted by Crippen LogP contribution is -1.91. The number of fused-ring (bicyclic) bond motifs is 1. The topological polar surface area (TPSA) is 30.2 Å². The molecule has 0 spiro atoms. The zero-order chi connectivity index (χ0) is 9.42. The molecule has 0 bridgehead atoms. The first-order valence-corrected chi connectivity index (χ1v) is 4.96. The molecular formula is C9H10BrN3. The third-order valence-corrected chi connectivity index (χ3v) is 2.38. The van der Waals surface area contributed by atoms with Crippen molar-refractivity contribution in [1.29, 1.82) is 0 Å². The van der Waals surface area contributed by atoms with Crippen LogP contribution in [0.25, 0.3) is 5.65 Å². The Morgan fingerprint density at radius 1 is 1.38 bits per heavy atom. The first-order chi connectivity index (χ1) is 6.18. The van der Waals surface area contributed by atoms with E-state index in [1.165, 1.54) is 5.56 Å². The molecule has 0 radical (unpaired) electrons.